The maximum Gasteiger partial charge on any atom is 0.193 e. The van der Waals surface area contributed by atoms with Gasteiger partial charge >= 0.3 is 0 Å². The van der Waals surface area contributed by atoms with Crippen molar-refractivity contribution in [2.75, 3.05) is 45.9 Å². The highest BCUT2D eigenvalue weighted by molar-refractivity contribution is 14.0. The Labute approximate surface area is 198 Å². The van der Waals surface area contributed by atoms with Gasteiger partial charge in [0, 0.05) is 31.1 Å². The maximum absolute atomic E-state index is 5.81. The van der Waals surface area contributed by atoms with Gasteiger partial charge in [0.1, 0.15) is 0 Å². The zero-order valence-corrected chi connectivity index (χ0v) is 21.5. The first-order chi connectivity index (χ1) is 13.7. The number of guanidine groups is 1. The Balaban J connectivity index is 0.00000300. The Bertz CT molecular complexity index is 582. The van der Waals surface area contributed by atoms with E-state index in [0.29, 0.717) is 12.1 Å². The lowest BCUT2D eigenvalue weighted by Gasteiger charge is -2.37. The van der Waals surface area contributed by atoms with Gasteiger partial charge < -0.3 is 15.0 Å². The second-order valence-corrected chi connectivity index (χ2v) is 9.07. The van der Waals surface area contributed by atoms with E-state index in [1.54, 1.807) is 0 Å². The molecule has 2 saturated heterocycles. The molecule has 5 nitrogen and oxygen atoms in total. The van der Waals surface area contributed by atoms with Crippen LogP contribution in [-0.2, 0) is 4.74 Å². The molecule has 29 heavy (non-hydrogen) atoms. The number of ether oxygens (including phenoxy) is 1. The van der Waals surface area contributed by atoms with Gasteiger partial charge in [-0.1, -0.05) is 13.0 Å². The highest BCUT2D eigenvalue weighted by atomic mass is 127. The molecule has 2 aliphatic rings. The summed E-state index contributed by atoms with van der Waals surface area (Å²) in [5, 5.41) is 5.73. The van der Waals surface area contributed by atoms with Crippen LogP contribution in [0, 0.1) is 5.92 Å². The van der Waals surface area contributed by atoms with E-state index in [-0.39, 0.29) is 24.0 Å². The average Bonchev–Trinajstić information content (AvgIpc) is 3.24. The van der Waals surface area contributed by atoms with Gasteiger partial charge in [-0.25, -0.2) is 0 Å². The monoisotopic (exact) mass is 534 g/mol. The summed E-state index contributed by atoms with van der Waals surface area (Å²) in [5.74, 6) is 1.93. The Hall–Kier alpha value is -0.380. The highest BCUT2D eigenvalue weighted by Gasteiger charge is 2.26. The fourth-order valence-corrected chi connectivity index (χ4v) is 5.13. The summed E-state index contributed by atoms with van der Waals surface area (Å²) in [6, 6.07) is 4.86. The molecule has 1 aromatic rings. The van der Waals surface area contributed by atoms with Crippen LogP contribution in [0.3, 0.4) is 0 Å². The normalized spacial score (nSPS) is 21.1. The molecule has 0 aromatic carbocycles. The Kier molecular flexibility index (Phi) is 11.3. The van der Waals surface area contributed by atoms with Crippen molar-refractivity contribution in [2.24, 2.45) is 10.9 Å². The number of rotatable bonds is 7. The van der Waals surface area contributed by atoms with Crippen LogP contribution in [0.15, 0.2) is 22.5 Å². The van der Waals surface area contributed by atoms with E-state index < -0.39 is 0 Å². The van der Waals surface area contributed by atoms with E-state index in [1.165, 1.54) is 30.8 Å². The molecule has 0 aliphatic carbocycles. The predicted molar refractivity (Wildman–Crippen MR) is 135 cm³/mol. The van der Waals surface area contributed by atoms with Gasteiger partial charge in [0.15, 0.2) is 5.96 Å². The minimum absolute atomic E-state index is 0. The Morgan fingerprint density at radius 1 is 1.21 bits per heavy atom. The lowest BCUT2D eigenvalue weighted by molar-refractivity contribution is 0.0263. The summed E-state index contributed by atoms with van der Waals surface area (Å²) >= 11 is 1.87. The number of piperidine rings is 2. The van der Waals surface area contributed by atoms with Crippen molar-refractivity contribution in [1.29, 1.82) is 0 Å². The molecule has 3 heterocycles. The number of nitrogens with one attached hydrogen (secondary N) is 1. The van der Waals surface area contributed by atoms with Crippen molar-refractivity contribution >= 4 is 41.3 Å². The molecule has 0 amide bonds. The van der Waals surface area contributed by atoms with E-state index in [2.05, 4.69) is 53.4 Å². The predicted octanol–water partition coefficient (Wildman–Crippen LogP) is 4.61. The average molecular weight is 535 g/mol. The number of hydrogen-bond donors (Lipinski definition) is 1. The number of thiophene rings is 1. The molecule has 7 heteroatoms. The molecule has 166 valence electrons. The van der Waals surface area contributed by atoms with Crippen molar-refractivity contribution in [2.45, 2.75) is 58.6 Å². The first-order valence-electron chi connectivity index (χ1n) is 11.1. The van der Waals surface area contributed by atoms with Gasteiger partial charge in [-0.15, -0.1) is 35.3 Å². The van der Waals surface area contributed by atoms with Crippen molar-refractivity contribution in [3.05, 3.63) is 22.4 Å². The lowest BCUT2D eigenvalue weighted by Crippen LogP contribution is -2.47. The molecule has 0 saturated carbocycles. The van der Waals surface area contributed by atoms with Crippen LogP contribution in [0.25, 0.3) is 0 Å². The van der Waals surface area contributed by atoms with Crippen LogP contribution in [-0.4, -0.2) is 67.7 Å². The number of halogens is 1. The van der Waals surface area contributed by atoms with Crippen LogP contribution in [0.1, 0.15) is 57.4 Å². The summed E-state index contributed by atoms with van der Waals surface area (Å²) in [7, 11) is 0. The standard InChI is InChI=1S/C22H38N4OS.HI/c1-4-23-22(26-14-10-19(11-15-26)27-5-2)24-17-20(21-7-6-16-28-21)25-12-8-18(3)9-13-25;/h6-7,16,18-20H,4-5,8-15,17H2,1-3H3,(H,23,24);1H. The minimum atomic E-state index is 0. The Morgan fingerprint density at radius 3 is 2.52 bits per heavy atom. The molecule has 2 fully saturated rings. The Morgan fingerprint density at radius 2 is 1.93 bits per heavy atom. The smallest absolute Gasteiger partial charge is 0.193 e. The van der Waals surface area contributed by atoms with E-state index in [0.717, 1.165) is 57.5 Å². The largest absolute Gasteiger partial charge is 0.378 e. The van der Waals surface area contributed by atoms with Crippen molar-refractivity contribution in [3.8, 4) is 0 Å². The third kappa shape index (κ3) is 7.36. The zero-order valence-electron chi connectivity index (χ0n) is 18.3. The van der Waals surface area contributed by atoms with Gasteiger partial charge in [-0.2, -0.15) is 0 Å². The van der Waals surface area contributed by atoms with Gasteiger partial charge in [-0.3, -0.25) is 9.89 Å². The lowest BCUT2D eigenvalue weighted by atomic mass is 9.97. The van der Waals surface area contributed by atoms with Gasteiger partial charge in [0.25, 0.3) is 0 Å². The van der Waals surface area contributed by atoms with Crippen molar-refractivity contribution in [1.82, 2.24) is 15.1 Å². The number of aliphatic imine (C=N–C) groups is 1. The molecular weight excluding hydrogens is 495 g/mol. The van der Waals surface area contributed by atoms with Crippen LogP contribution < -0.4 is 5.32 Å². The van der Waals surface area contributed by atoms with Gasteiger partial charge in [-0.05, 0) is 70.0 Å². The molecule has 1 unspecified atom stereocenters. The number of nitrogens with zero attached hydrogens (tertiary/aromatic N) is 3. The number of hydrogen-bond acceptors (Lipinski definition) is 4. The topological polar surface area (TPSA) is 40.1 Å². The van der Waals surface area contributed by atoms with Crippen LogP contribution in [0.2, 0.25) is 0 Å². The van der Waals surface area contributed by atoms with Crippen molar-refractivity contribution < 1.29 is 4.74 Å². The summed E-state index contributed by atoms with van der Waals surface area (Å²) in [4.78, 5) is 11.6. The van der Waals surface area contributed by atoms with Gasteiger partial charge in [0.05, 0.1) is 18.7 Å². The third-order valence-corrected chi connectivity index (χ3v) is 7.00. The SMILES string of the molecule is CCNC(=NCC(c1cccs1)N1CCC(C)CC1)N1CCC(OCC)CC1.I. The van der Waals surface area contributed by atoms with E-state index in [1.807, 2.05) is 11.3 Å². The van der Waals surface area contributed by atoms with Crippen LogP contribution in [0.5, 0.6) is 0 Å². The summed E-state index contributed by atoms with van der Waals surface area (Å²) in [6.07, 6.45) is 5.21. The maximum atomic E-state index is 5.81. The van der Waals surface area contributed by atoms with Crippen LogP contribution >= 0.6 is 35.3 Å². The molecular formula is C22H39IN4OS. The first-order valence-corrected chi connectivity index (χ1v) is 12.0. The molecule has 3 rings (SSSR count). The molecule has 2 aliphatic heterocycles. The van der Waals surface area contributed by atoms with Crippen molar-refractivity contribution in [3.63, 3.8) is 0 Å². The van der Waals surface area contributed by atoms with E-state index >= 15 is 0 Å². The summed E-state index contributed by atoms with van der Waals surface area (Å²) in [6.45, 7) is 13.6. The molecule has 1 atom stereocenters. The molecule has 0 spiro atoms. The quantitative estimate of drug-likeness (QED) is 0.315. The molecule has 0 bridgehead atoms. The van der Waals surface area contributed by atoms with E-state index in [4.69, 9.17) is 9.73 Å². The summed E-state index contributed by atoms with van der Waals surface area (Å²) < 4.78 is 5.81. The number of likely N-dealkylation sites (tertiary alicyclic amines) is 2. The minimum Gasteiger partial charge on any atom is -0.378 e. The fourth-order valence-electron chi connectivity index (χ4n) is 4.28. The van der Waals surface area contributed by atoms with E-state index in [9.17, 15) is 0 Å². The fraction of sp³-hybridized carbons (Fsp3) is 0.773. The third-order valence-electron chi connectivity index (χ3n) is 6.02. The second-order valence-electron chi connectivity index (χ2n) is 8.09. The second kappa shape index (κ2) is 13.1. The zero-order chi connectivity index (χ0) is 19.8. The van der Waals surface area contributed by atoms with Gasteiger partial charge in [0.2, 0.25) is 0 Å². The molecule has 1 N–H and O–H groups in total. The summed E-state index contributed by atoms with van der Waals surface area (Å²) in [5.41, 5.74) is 0. The molecule has 0 radical (unpaired) electrons. The first kappa shape index (κ1) is 24.9. The van der Waals surface area contributed by atoms with Crippen LogP contribution in [0.4, 0.5) is 0 Å². The molecule has 1 aromatic heterocycles. The highest BCUT2D eigenvalue weighted by Crippen LogP contribution is 2.30.